The summed E-state index contributed by atoms with van der Waals surface area (Å²) in [4.78, 5) is 12.6. The molecule has 4 bridgehead atoms. The molecule has 0 aliphatic heterocycles. The zero-order valence-electron chi connectivity index (χ0n) is 14.4. The van der Waals surface area contributed by atoms with E-state index in [1.165, 1.54) is 50.7 Å². The molecule has 5 rings (SSSR count). The lowest BCUT2D eigenvalue weighted by Crippen LogP contribution is -2.51. The lowest BCUT2D eigenvalue weighted by atomic mass is 9.49. The van der Waals surface area contributed by atoms with Crippen LogP contribution >= 0.6 is 11.6 Å². The molecule has 1 aromatic carbocycles. The van der Waals surface area contributed by atoms with E-state index in [0.29, 0.717) is 12.1 Å². The molecular weight excluding hydrogens is 358 g/mol. The number of rotatable bonds is 4. The predicted octanol–water partition coefficient (Wildman–Crippen LogP) is 3.69. The summed E-state index contributed by atoms with van der Waals surface area (Å²) in [7, 11) is -3.45. The van der Waals surface area contributed by atoms with Gasteiger partial charge in [-0.15, -0.1) is 0 Å². The van der Waals surface area contributed by atoms with Gasteiger partial charge in [-0.3, -0.25) is 4.79 Å². The van der Waals surface area contributed by atoms with Crippen molar-refractivity contribution in [1.82, 2.24) is 5.32 Å². The number of hydrogen-bond donors (Lipinski definition) is 1. The number of halogens is 1. The van der Waals surface area contributed by atoms with Crippen molar-refractivity contribution in [3.05, 3.63) is 28.8 Å². The van der Waals surface area contributed by atoms with E-state index in [1.54, 1.807) is 6.07 Å². The molecule has 4 saturated carbocycles. The smallest absolute Gasteiger partial charge is 0.251 e. The molecule has 4 nitrogen and oxygen atoms in total. The summed E-state index contributed by atoms with van der Waals surface area (Å²) in [6.07, 6.45) is 8.93. The van der Waals surface area contributed by atoms with E-state index in [4.69, 9.17) is 11.6 Å². The van der Waals surface area contributed by atoms with Crippen molar-refractivity contribution in [2.24, 2.45) is 23.2 Å². The number of sulfone groups is 1. The van der Waals surface area contributed by atoms with Gasteiger partial charge in [-0.25, -0.2) is 8.42 Å². The third kappa shape index (κ3) is 3.33. The Morgan fingerprint density at radius 3 is 2.24 bits per heavy atom. The van der Waals surface area contributed by atoms with Gasteiger partial charge in [0.25, 0.3) is 5.91 Å². The number of carbonyl (C=O) groups is 1. The molecule has 25 heavy (non-hydrogen) atoms. The van der Waals surface area contributed by atoms with E-state index < -0.39 is 9.84 Å². The van der Waals surface area contributed by atoms with E-state index in [1.807, 2.05) is 0 Å². The summed E-state index contributed by atoms with van der Waals surface area (Å²) in [5.74, 6) is 2.32. The minimum absolute atomic E-state index is 0.0108. The lowest BCUT2D eigenvalue weighted by molar-refractivity contribution is -0.0503. The second-order valence-corrected chi connectivity index (χ2v) is 10.9. The summed E-state index contributed by atoms with van der Waals surface area (Å²) < 4.78 is 23.6. The molecule has 0 saturated heterocycles. The van der Waals surface area contributed by atoms with Gasteiger partial charge in [0.05, 0.1) is 9.92 Å². The average Bonchev–Trinajstić information content (AvgIpc) is 2.51. The highest BCUT2D eigenvalue weighted by Crippen LogP contribution is 2.59. The normalized spacial score (nSPS) is 33.4. The highest BCUT2D eigenvalue weighted by Gasteiger charge is 2.50. The zero-order valence-corrected chi connectivity index (χ0v) is 16.0. The topological polar surface area (TPSA) is 63.2 Å². The van der Waals surface area contributed by atoms with Crippen LogP contribution in [-0.2, 0) is 9.84 Å². The first kappa shape index (κ1) is 17.3. The Bertz CT molecular complexity index is 783. The van der Waals surface area contributed by atoms with Crippen molar-refractivity contribution < 1.29 is 13.2 Å². The van der Waals surface area contributed by atoms with Gasteiger partial charge in [-0.1, -0.05) is 11.6 Å². The Morgan fingerprint density at radius 1 is 1.16 bits per heavy atom. The number of carbonyl (C=O) groups excluding carboxylic acids is 1. The minimum Gasteiger partial charge on any atom is -0.351 e. The van der Waals surface area contributed by atoms with E-state index in [2.05, 4.69) is 5.32 Å². The molecule has 4 fully saturated rings. The Hall–Kier alpha value is -1.07. The first-order valence-corrected chi connectivity index (χ1v) is 11.3. The highest BCUT2D eigenvalue weighted by molar-refractivity contribution is 7.90. The number of amides is 1. The van der Waals surface area contributed by atoms with Gasteiger partial charge >= 0.3 is 0 Å². The molecule has 1 N–H and O–H groups in total. The number of hydrogen-bond acceptors (Lipinski definition) is 3. The Kier molecular flexibility index (Phi) is 4.15. The van der Waals surface area contributed by atoms with E-state index in [9.17, 15) is 13.2 Å². The van der Waals surface area contributed by atoms with E-state index in [-0.39, 0.29) is 21.2 Å². The van der Waals surface area contributed by atoms with Gasteiger partial charge < -0.3 is 5.32 Å². The average molecular weight is 382 g/mol. The number of nitrogens with one attached hydrogen (secondary N) is 1. The zero-order chi connectivity index (χ0) is 17.8. The van der Waals surface area contributed by atoms with Crippen molar-refractivity contribution >= 4 is 27.3 Å². The van der Waals surface area contributed by atoms with Crippen LogP contribution in [0.3, 0.4) is 0 Å². The largest absolute Gasteiger partial charge is 0.351 e. The van der Waals surface area contributed by atoms with Crippen molar-refractivity contribution in [3.63, 3.8) is 0 Å². The maximum atomic E-state index is 12.6. The standard InChI is InChI=1S/C19H24ClNO3S/c1-25(23,24)17-7-15(2-3-16(17)20)18(22)21-11-19-8-12-4-13(9-19)6-14(5-12)10-19/h2-3,7,12-14H,4-6,8-11H2,1H3,(H,21,22). The summed E-state index contributed by atoms with van der Waals surface area (Å²) in [6.45, 7) is 0.701. The van der Waals surface area contributed by atoms with Crippen molar-refractivity contribution in [2.75, 3.05) is 12.8 Å². The van der Waals surface area contributed by atoms with E-state index >= 15 is 0 Å². The summed E-state index contributed by atoms with van der Waals surface area (Å²) in [5, 5.41) is 3.23. The predicted molar refractivity (Wildman–Crippen MR) is 97.5 cm³/mol. The second-order valence-electron chi connectivity index (χ2n) is 8.52. The quantitative estimate of drug-likeness (QED) is 0.865. The molecule has 0 heterocycles. The SMILES string of the molecule is CS(=O)(=O)c1cc(C(=O)NCC23CC4CC(CC(C4)C2)C3)ccc1Cl. The molecule has 6 heteroatoms. The van der Waals surface area contributed by atoms with Gasteiger partial charge in [0, 0.05) is 18.4 Å². The van der Waals surface area contributed by atoms with Crippen LogP contribution < -0.4 is 5.32 Å². The molecule has 0 aromatic heterocycles. The van der Waals surface area contributed by atoms with Crippen molar-refractivity contribution in [3.8, 4) is 0 Å². The second kappa shape index (κ2) is 5.98. The molecule has 136 valence electrons. The first-order valence-electron chi connectivity index (χ1n) is 9.02. The van der Waals surface area contributed by atoms with Crippen LogP contribution in [0, 0.1) is 23.2 Å². The van der Waals surface area contributed by atoms with Crippen LogP contribution in [0.25, 0.3) is 0 Å². The van der Waals surface area contributed by atoms with Crippen LogP contribution in [0.5, 0.6) is 0 Å². The fourth-order valence-corrected chi connectivity index (χ4v) is 7.11. The van der Waals surface area contributed by atoms with E-state index in [0.717, 1.165) is 24.0 Å². The van der Waals surface area contributed by atoms with Crippen LogP contribution in [0.1, 0.15) is 48.9 Å². The fraction of sp³-hybridized carbons (Fsp3) is 0.632. The van der Waals surface area contributed by atoms with Gasteiger partial charge in [-0.2, -0.15) is 0 Å². The molecule has 4 aliphatic carbocycles. The van der Waals surface area contributed by atoms with Crippen LogP contribution in [0.15, 0.2) is 23.1 Å². The Balaban J connectivity index is 1.48. The molecule has 4 aliphatic rings. The van der Waals surface area contributed by atoms with Gasteiger partial charge in [0.2, 0.25) is 0 Å². The summed E-state index contributed by atoms with van der Waals surface area (Å²) in [5.41, 5.74) is 0.616. The van der Waals surface area contributed by atoms with Crippen molar-refractivity contribution in [2.45, 2.75) is 43.4 Å². The van der Waals surface area contributed by atoms with Crippen LogP contribution in [-0.4, -0.2) is 27.1 Å². The van der Waals surface area contributed by atoms with Crippen molar-refractivity contribution in [1.29, 1.82) is 0 Å². The monoisotopic (exact) mass is 381 g/mol. The molecule has 1 amide bonds. The van der Waals surface area contributed by atoms with Gasteiger partial charge in [0.1, 0.15) is 0 Å². The summed E-state index contributed by atoms with van der Waals surface area (Å²) in [6, 6.07) is 4.45. The molecule has 0 radical (unpaired) electrons. The molecule has 0 atom stereocenters. The maximum Gasteiger partial charge on any atom is 0.251 e. The highest BCUT2D eigenvalue weighted by atomic mass is 35.5. The number of benzene rings is 1. The Morgan fingerprint density at radius 2 is 1.72 bits per heavy atom. The first-order chi connectivity index (χ1) is 11.7. The molecule has 0 spiro atoms. The third-order valence-electron chi connectivity index (χ3n) is 6.38. The van der Waals surface area contributed by atoms with Gasteiger partial charge in [0.15, 0.2) is 9.84 Å². The third-order valence-corrected chi connectivity index (χ3v) is 7.96. The maximum absolute atomic E-state index is 12.6. The molecule has 0 unspecified atom stereocenters. The lowest BCUT2D eigenvalue weighted by Gasteiger charge is -2.56. The summed E-state index contributed by atoms with van der Waals surface area (Å²) >= 11 is 5.96. The Labute approximate surface area is 154 Å². The van der Waals surface area contributed by atoms with Gasteiger partial charge in [-0.05, 0) is 79.9 Å². The minimum atomic E-state index is -3.45. The molecular formula is C19H24ClNO3S. The van der Waals surface area contributed by atoms with Crippen LogP contribution in [0.2, 0.25) is 5.02 Å². The fourth-order valence-electron chi connectivity index (χ4n) is 5.81. The van der Waals surface area contributed by atoms with Crippen LogP contribution in [0.4, 0.5) is 0 Å². The molecule has 1 aromatic rings.